The Morgan fingerprint density at radius 1 is 1.45 bits per heavy atom. The summed E-state index contributed by atoms with van der Waals surface area (Å²) in [6, 6.07) is 3.53. The number of pyridine rings is 1. The lowest BCUT2D eigenvalue weighted by Gasteiger charge is -2.05. The number of amides is 1. The molecular weight excluding hydrogens is 254 g/mol. The number of nitrogens with one attached hydrogen (secondary N) is 1. The number of nitrogens with zero attached hydrogens (tertiary/aromatic N) is 3. The van der Waals surface area contributed by atoms with Crippen molar-refractivity contribution in [3.8, 4) is 0 Å². The topological polar surface area (TPSA) is 93.8 Å². The maximum Gasteiger partial charge on any atom is 0.228 e. The predicted octanol–water partition coefficient (Wildman–Crippen LogP) is 1.50. The Bertz CT molecular complexity index is 658. The minimum atomic E-state index is -0.0711. The van der Waals surface area contributed by atoms with Gasteiger partial charge in [0.25, 0.3) is 0 Å². The van der Waals surface area contributed by atoms with Crippen LogP contribution in [0.5, 0.6) is 0 Å². The van der Waals surface area contributed by atoms with Crippen LogP contribution in [-0.2, 0) is 4.79 Å². The molecule has 0 bridgehead atoms. The smallest absolute Gasteiger partial charge is 0.228 e. The molecule has 1 fully saturated rings. The molecule has 0 spiro atoms. The Balaban J connectivity index is 1.66. The Labute approximate surface area is 116 Å². The van der Waals surface area contributed by atoms with E-state index >= 15 is 0 Å². The van der Waals surface area contributed by atoms with Crippen molar-refractivity contribution in [3.63, 3.8) is 0 Å². The van der Waals surface area contributed by atoms with Gasteiger partial charge in [-0.15, -0.1) is 0 Å². The molecule has 102 valence electrons. The number of carbonyl (C=O) groups excluding carboxylic acids is 1. The van der Waals surface area contributed by atoms with Crippen LogP contribution >= 0.6 is 0 Å². The summed E-state index contributed by atoms with van der Waals surface area (Å²) in [4.78, 5) is 24.7. The van der Waals surface area contributed by atoms with Gasteiger partial charge >= 0.3 is 0 Å². The van der Waals surface area contributed by atoms with E-state index in [4.69, 9.17) is 5.73 Å². The molecule has 6 heteroatoms. The number of rotatable bonds is 3. The Morgan fingerprint density at radius 2 is 2.30 bits per heavy atom. The minimum Gasteiger partial charge on any atom is -0.397 e. The molecule has 0 aliphatic heterocycles. The highest BCUT2D eigenvalue weighted by Gasteiger charge is 2.46. The standard InChI is InChI=1S/C14H15N5O/c1-8-2-3-17-13(18-8)11-5-12(11)14(20)19-10-4-9(15)6-16-7-10/h2-4,6-7,11-12H,5,15H2,1H3,(H,19,20)/t11-,12-/m0/s1. The van der Waals surface area contributed by atoms with Crippen LogP contribution < -0.4 is 11.1 Å². The summed E-state index contributed by atoms with van der Waals surface area (Å²) in [5.41, 5.74) is 7.69. The molecule has 2 atom stereocenters. The Morgan fingerprint density at radius 3 is 3.05 bits per heavy atom. The van der Waals surface area contributed by atoms with Gasteiger partial charge in [-0.3, -0.25) is 9.78 Å². The largest absolute Gasteiger partial charge is 0.397 e. The maximum absolute atomic E-state index is 12.1. The first-order valence-electron chi connectivity index (χ1n) is 6.44. The lowest BCUT2D eigenvalue weighted by Crippen LogP contribution is -2.15. The fraction of sp³-hybridized carbons (Fsp3) is 0.286. The van der Waals surface area contributed by atoms with Crippen LogP contribution in [0.4, 0.5) is 11.4 Å². The van der Waals surface area contributed by atoms with Crippen molar-refractivity contribution in [2.75, 3.05) is 11.1 Å². The van der Waals surface area contributed by atoms with E-state index in [1.807, 2.05) is 13.0 Å². The number of carbonyl (C=O) groups is 1. The highest BCUT2D eigenvalue weighted by molar-refractivity contribution is 5.95. The number of aromatic nitrogens is 3. The van der Waals surface area contributed by atoms with Crippen molar-refractivity contribution < 1.29 is 4.79 Å². The predicted molar refractivity (Wildman–Crippen MR) is 74.9 cm³/mol. The van der Waals surface area contributed by atoms with E-state index < -0.39 is 0 Å². The summed E-state index contributed by atoms with van der Waals surface area (Å²) in [6.45, 7) is 1.92. The molecular formula is C14H15N5O. The molecule has 0 aromatic carbocycles. The molecule has 0 radical (unpaired) electrons. The molecule has 1 amide bonds. The van der Waals surface area contributed by atoms with Crippen molar-refractivity contribution in [1.29, 1.82) is 0 Å². The number of hydrogen-bond donors (Lipinski definition) is 2. The van der Waals surface area contributed by atoms with E-state index in [1.54, 1.807) is 18.5 Å². The summed E-state index contributed by atoms with van der Waals surface area (Å²) >= 11 is 0. The van der Waals surface area contributed by atoms with Gasteiger partial charge in [0.05, 0.1) is 17.6 Å². The lowest BCUT2D eigenvalue weighted by atomic mass is 10.2. The second kappa shape index (κ2) is 4.88. The van der Waals surface area contributed by atoms with Gasteiger partial charge in [0.2, 0.25) is 5.91 Å². The average molecular weight is 269 g/mol. The summed E-state index contributed by atoms with van der Waals surface area (Å²) in [6.07, 6.45) is 5.63. The van der Waals surface area contributed by atoms with Gasteiger partial charge < -0.3 is 11.1 Å². The molecule has 0 saturated heterocycles. The summed E-state index contributed by atoms with van der Waals surface area (Å²) in [5, 5.41) is 2.82. The van der Waals surface area contributed by atoms with Crippen molar-refractivity contribution in [1.82, 2.24) is 15.0 Å². The van der Waals surface area contributed by atoms with Crippen LogP contribution in [0.1, 0.15) is 23.9 Å². The monoisotopic (exact) mass is 269 g/mol. The van der Waals surface area contributed by atoms with Crippen LogP contribution in [0.25, 0.3) is 0 Å². The zero-order valence-corrected chi connectivity index (χ0v) is 11.1. The lowest BCUT2D eigenvalue weighted by molar-refractivity contribution is -0.117. The zero-order valence-electron chi connectivity index (χ0n) is 11.1. The fourth-order valence-electron chi connectivity index (χ4n) is 2.18. The molecule has 20 heavy (non-hydrogen) atoms. The average Bonchev–Trinajstić information content (AvgIpc) is 3.19. The molecule has 2 aromatic rings. The molecule has 1 saturated carbocycles. The quantitative estimate of drug-likeness (QED) is 0.880. The van der Waals surface area contributed by atoms with E-state index in [2.05, 4.69) is 20.3 Å². The van der Waals surface area contributed by atoms with E-state index in [0.29, 0.717) is 11.4 Å². The second-order valence-corrected chi connectivity index (χ2v) is 5.00. The number of nitrogen functional groups attached to an aromatic ring is 1. The zero-order chi connectivity index (χ0) is 14.1. The van der Waals surface area contributed by atoms with E-state index in [-0.39, 0.29) is 17.7 Å². The number of anilines is 2. The normalized spacial score (nSPS) is 20.4. The van der Waals surface area contributed by atoms with Crippen molar-refractivity contribution in [2.24, 2.45) is 5.92 Å². The summed E-state index contributed by atoms with van der Waals surface area (Å²) in [7, 11) is 0. The van der Waals surface area contributed by atoms with Gasteiger partial charge in [-0.05, 0) is 25.5 Å². The Hall–Kier alpha value is -2.50. The van der Waals surface area contributed by atoms with Gasteiger partial charge in [0, 0.05) is 29.9 Å². The van der Waals surface area contributed by atoms with Crippen molar-refractivity contribution >= 4 is 17.3 Å². The molecule has 3 N–H and O–H groups in total. The van der Waals surface area contributed by atoms with Crippen LogP contribution in [0.3, 0.4) is 0 Å². The first-order chi connectivity index (χ1) is 9.63. The highest BCUT2D eigenvalue weighted by atomic mass is 16.2. The van der Waals surface area contributed by atoms with Crippen LogP contribution in [-0.4, -0.2) is 20.9 Å². The number of nitrogens with two attached hydrogens (primary N) is 1. The summed E-state index contributed by atoms with van der Waals surface area (Å²) < 4.78 is 0. The van der Waals surface area contributed by atoms with Crippen molar-refractivity contribution in [3.05, 3.63) is 42.2 Å². The Kier molecular flexibility index (Phi) is 3.06. The molecule has 3 rings (SSSR count). The number of aryl methyl sites for hydroxylation is 1. The van der Waals surface area contributed by atoms with E-state index in [1.165, 1.54) is 6.20 Å². The molecule has 0 unspecified atom stereocenters. The molecule has 2 heterocycles. The SMILES string of the molecule is Cc1ccnc([C@H]2C[C@@H]2C(=O)Nc2cncc(N)c2)n1. The molecule has 2 aromatic heterocycles. The van der Waals surface area contributed by atoms with Gasteiger partial charge in [-0.2, -0.15) is 0 Å². The van der Waals surface area contributed by atoms with E-state index in [0.717, 1.165) is 17.9 Å². The van der Waals surface area contributed by atoms with Gasteiger partial charge in [0.1, 0.15) is 5.82 Å². The van der Waals surface area contributed by atoms with Gasteiger partial charge in [-0.25, -0.2) is 9.97 Å². The van der Waals surface area contributed by atoms with E-state index in [9.17, 15) is 4.79 Å². The molecule has 1 aliphatic carbocycles. The third-order valence-corrected chi connectivity index (χ3v) is 3.30. The van der Waals surface area contributed by atoms with Crippen molar-refractivity contribution in [2.45, 2.75) is 19.3 Å². The van der Waals surface area contributed by atoms with Crippen LogP contribution in [0.15, 0.2) is 30.7 Å². The van der Waals surface area contributed by atoms with Crippen LogP contribution in [0, 0.1) is 12.8 Å². The highest BCUT2D eigenvalue weighted by Crippen LogP contribution is 2.46. The summed E-state index contributed by atoms with van der Waals surface area (Å²) in [5.74, 6) is 0.755. The molecule has 6 nitrogen and oxygen atoms in total. The van der Waals surface area contributed by atoms with Gasteiger partial charge in [0.15, 0.2) is 0 Å². The van der Waals surface area contributed by atoms with Crippen LogP contribution in [0.2, 0.25) is 0 Å². The van der Waals surface area contributed by atoms with Gasteiger partial charge in [-0.1, -0.05) is 0 Å². The fourth-order valence-corrected chi connectivity index (χ4v) is 2.18. The molecule has 1 aliphatic rings. The maximum atomic E-state index is 12.1. The minimum absolute atomic E-state index is 0.0347. The first kappa shape index (κ1) is 12.5. The number of hydrogen-bond acceptors (Lipinski definition) is 5. The first-order valence-corrected chi connectivity index (χ1v) is 6.44. The third-order valence-electron chi connectivity index (χ3n) is 3.30. The second-order valence-electron chi connectivity index (χ2n) is 5.00. The third kappa shape index (κ3) is 2.59.